The lowest BCUT2D eigenvalue weighted by Gasteiger charge is -2.22. The van der Waals surface area contributed by atoms with Crippen molar-refractivity contribution in [2.75, 3.05) is 0 Å². The Hall–Kier alpha value is -1.86. The van der Waals surface area contributed by atoms with Gasteiger partial charge in [-0.05, 0) is 17.7 Å². The first-order chi connectivity index (χ1) is 9.81. The summed E-state index contributed by atoms with van der Waals surface area (Å²) in [6.07, 6.45) is -4.73. The van der Waals surface area contributed by atoms with Crippen LogP contribution in [0.1, 0.15) is 11.6 Å². The van der Waals surface area contributed by atoms with E-state index in [0.717, 1.165) is 0 Å². The molecule has 0 radical (unpaired) electrons. The summed E-state index contributed by atoms with van der Waals surface area (Å²) in [4.78, 5) is -0.213. The van der Waals surface area contributed by atoms with Gasteiger partial charge >= 0.3 is 6.18 Å². The van der Waals surface area contributed by atoms with Crippen LogP contribution < -0.4 is 4.72 Å². The molecule has 0 aliphatic heterocycles. The minimum atomic E-state index is -4.73. The second-order valence-corrected chi connectivity index (χ2v) is 6.03. The molecule has 0 amide bonds. The lowest BCUT2D eigenvalue weighted by molar-refractivity contribution is -0.153. The van der Waals surface area contributed by atoms with E-state index in [1.807, 2.05) is 0 Å². The van der Waals surface area contributed by atoms with E-state index in [1.165, 1.54) is 48.5 Å². The first-order valence-corrected chi connectivity index (χ1v) is 7.48. The average molecular weight is 315 g/mol. The van der Waals surface area contributed by atoms with Crippen LogP contribution in [0.3, 0.4) is 0 Å². The number of benzene rings is 2. The lowest BCUT2D eigenvalue weighted by Crippen LogP contribution is -2.38. The predicted octanol–water partition coefficient (Wildman–Crippen LogP) is 3.27. The molecule has 0 aromatic heterocycles. The molecule has 3 nitrogen and oxygen atoms in total. The largest absolute Gasteiger partial charge is 0.408 e. The number of sulfonamides is 1. The topological polar surface area (TPSA) is 46.2 Å². The highest BCUT2D eigenvalue weighted by molar-refractivity contribution is 7.89. The molecule has 0 spiro atoms. The molecule has 2 rings (SSSR count). The van der Waals surface area contributed by atoms with Gasteiger partial charge in [0.2, 0.25) is 10.0 Å². The van der Waals surface area contributed by atoms with E-state index in [9.17, 15) is 21.6 Å². The average Bonchev–Trinajstić information content (AvgIpc) is 2.46. The van der Waals surface area contributed by atoms with Crippen LogP contribution in [0.4, 0.5) is 13.2 Å². The van der Waals surface area contributed by atoms with Crippen molar-refractivity contribution in [1.82, 2.24) is 4.72 Å². The van der Waals surface area contributed by atoms with Gasteiger partial charge in [0.25, 0.3) is 0 Å². The molecule has 21 heavy (non-hydrogen) atoms. The third kappa shape index (κ3) is 3.83. The lowest BCUT2D eigenvalue weighted by atomic mass is 10.1. The molecule has 1 N–H and O–H groups in total. The Morgan fingerprint density at radius 3 is 1.81 bits per heavy atom. The molecular weight excluding hydrogens is 303 g/mol. The molecule has 1 atom stereocenters. The van der Waals surface area contributed by atoms with Crippen molar-refractivity contribution in [1.29, 1.82) is 0 Å². The van der Waals surface area contributed by atoms with Crippen LogP contribution >= 0.6 is 0 Å². The molecule has 0 fully saturated rings. The van der Waals surface area contributed by atoms with Crippen molar-refractivity contribution in [2.45, 2.75) is 17.1 Å². The van der Waals surface area contributed by atoms with Crippen molar-refractivity contribution < 1.29 is 21.6 Å². The summed E-state index contributed by atoms with van der Waals surface area (Å²) in [5.74, 6) is 0. The maximum atomic E-state index is 13.1. The molecule has 0 heterocycles. The van der Waals surface area contributed by atoms with Crippen molar-refractivity contribution in [3.05, 3.63) is 66.2 Å². The van der Waals surface area contributed by atoms with Crippen molar-refractivity contribution >= 4 is 10.0 Å². The Morgan fingerprint density at radius 1 is 0.857 bits per heavy atom. The summed E-state index contributed by atoms with van der Waals surface area (Å²) in [6, 6.07) is 11.5. The van der Waals surface area contributed by atoms with Gasteiger partial charge in [-0.15, -0.1) is 0 Å². The molecule has 0 aliphatic rings. The summed E-state index contributed by atoms with van der Waals surface area (Å²) in [6.45, 7) is 0. The Labute approximate surface area is 120 Å². The molecule has 1 unspecified atom stereocenters. The van der Waals surface area contributed by atoms with Crippen LogP contribution in [0, 0.1) is 0 Å². The zero-order chi connectivity index (χ0) is 15.5. The number of hydrogen-bond acceptors (Lipinski definition) is 2. The molecule has 0 saturated heterocycles. The van der Waals surface area contributed by atoms with Gasteiger partial charge in [-0.25, -0.2) is 8.42 Å². The first-order valence-electron chi connectivity index (χ1n) is 6.00. The Kier molecular flexibility index (Phi) is 4.34. The number of halogens is 3. The monoisotopic (exact) mass is 315 g/mol. The standard InChI is InChI=1S/C14H12F3NO2S/c15-14(16,17)13(11-7-3-1-4-8-11)18-21(19,20)12-9-5-2-6-10-12/h1-10,13,18H. The second kappa shape index (κ2) is 5.87. The van der Waals surface area contributed by atoms with Gasteiger partial charge in [0.15, 0.2) is 0 Å². The smallest absolute Gasteiger partial charge is 0.207 e. The summed E-state index contributed by atoms with van der Waals surface area (Å²) >= 11 is 0. The van der Waals surface area contributed by atoms with Gasteiger partial charge in [-0.3, -0.25) is 0 Å². The van der Waals surface area contributed by atoms with Crippen LogP contribution in [0.25, 0.3) is 0 Å². The summed E-state index contributed by atoms with van der Waals surface area (Å²) < 4.78 is 65.2. The van der Waals surface area contributed by atoms with E-state index >= 15 is 0 Å². The van der Waals surface area contributed by atoms with E-state index in [-0.39, 0.29) is 10.5 Å². The van der Waals surface area contributed by atoms with Crippen LogP contribution in [-0.2, 0) is 10.0 Å². The summed E-state index contributed by atoms with van der Waals surface area (Å²) in [5.41, 5.74) is -0.162. The van der Waals surface area contributed by atoms with E-state index in [1.54, 1.807) is 16.9 Å². The van der Waals surface area contributed by atoms with Crippen LogP contribution in [0.2, 0.25) is 0 Å². The van der Waals surface area contributed by atoms with Crippen molar-refractivity contribution in [3.8, 4) is 0 Å². The SMILES string of the molecule is O=S(=O)(NC(c1ccccc1)C(F)(F)F)c1ccccc1. The molecule has 0 saturated carbocycles. The normalized spacial score (nSPS) is 13.9. The van der Waals surface area contributed by atoms with E-state index < -0.39 is 22.2 Å². The minimum absolute atomic E-state index is 0.162. The van der Waals surface area contributed by atoms with Gasteiger partial charge < -0.3 is 0 Å². The maximum absolute atomic E-state index is 13.1. The zero-order valence-electron chi connectivity index (χ0n) is 10.7. The minimum Gasteiger partial charge on any atom is -0.207 e. The highest BCUT2D eigenvalue weighted by atomic mass is 32.2. The van der Waals surface area contributed by atoms with E-state index in [4.69, 9.17) is 0 Å². The fourth-order valence-electron chi connectivity index (χ4n) is 1.79. The Balaban J connectivity index is 2.37. The van der Waals surface area contributed by atoms with E-state index in [0.29, 0.717) is 0 Å². The fraction of sp³-hybridized carbons (Fsp3) is 0.143. The van der Waals surface area contributed by atoms with Gasteiger partial charge in [0.05, 0.1) is 4.90 Å². The maximum Gasteiger partial charge on any atom is 0.408 e. The van der Waals surface area contributed by atoms with Crippen LogP contribution in [0.15, 0.2) is 65.6 Å². The zero-order valence-corrected chi connectivity index (χ0v) is 11.5. The third-order valence-electron chi connectivity index (χ3n) is 2.79. The highest BCUT2D eigenvalue weighted by Gasteiger charge is 2.43. The van der Waals surface area contributed by atoms with Gasteiger partial charge in [-0.1, -0.05) is 48.5 Å². The van der Waals surface area contributed by atoms with Crippen molar-refractivity contribution in [3.63, 3.8) is 0 Å². The number of nitrogens with one attached hydrogen (secondary N) is 1. The third-order valence-corrected chi connectivity index (χ3v) is 4.23. The second-order valence-electron chi connectivity index (χ2n) is 4.32. The van der Waals surface area contributed by atoms with Crippen LogP contribution in [0.5, 0.6) is 0 Å². The van der Waals surface area contributed by atoms with Crippen LogP contribution in [-0.4, -0.2) is 14.6 Å². The van der Waals surface area contributed by atoms with Gasteiger partial charge in [0, 0.05) is 0 Å². The Morgan fingerprint density at radius 2 is 1.33 bits per heavy atom. The molecular formula is C14H12F3NO2S. The molecule has 0 aliphatic carbocycles. The molecule has 2 aromatic rings. The number of rotatable bonds is 4. The fourth-order valence-corrected chi connectivity index (χ4v) is 3.02. The number of hydrogen-bond donors (Lipinski definition) is 1. The molecule has 0 bridgehead atoms. The van der Waals surface area contributed by atoms with E-state index in [2.05, 4.69) is 0 Å². The molecule has 2 aromatic carbocycles. The summed E-state index contributed by atoms with van der Waals surface area (Å²) in [5, 5.41) is 0. The molecule has 7 heteroatoms. The van der Waals surface area contributed by atoms with Crippen molar-refractivity contribution in [2.24, 2.45) is 0 Å². The predicted molar refractivity (Wildman–Crippen MR) is 72.0 cm³/mol. The summed E-state index contributed by atoms with van der Waals surface area (Å²) in [7, 11) is -4.26. The highest BCUT2D eigenvalue weighted by Crippen LogP contribution is 2.33. The number of alkyl halides is 3. The van der Waals surface area contributed by atoms with Gasteiger partial charge in [-0.2, -0.15) is 17.9 Å². The van der Waals surface area contributed by atoms with Gasteiger partial charge in [0.1, 0.15) is 6.04 Å². The molecule has 112 valence electrons. The Bertz CT molecular complexity index is 685. The first kappa shape index (κ1) is 15.5. The quantitative estimate of drug-likeness (QED) is 0.941.